The molecule has 0 saturated carbocycles. The molecule has 0 aliphatic carbocycles. The summed E-state index contributed by atoms with van der Waals surface area (Å²) in [4.78, 5) is 15.2. The van der Waals surface area contributed by atoms with E-state index in [1.54, 1.807) is 6.33 Å². The number of H-pyrrole nitrogens is 1. The van der Waals surface area contributed by atoms with Crippen LogP contribution < -0.4 is 5.32 Å². The molecular formula is C12H9Cl2N5. The highest BCUT2D eigenvalue weighted by molar-refractivity contribution is 6.31. The van der Waals surface area contributed by atoms with Gasteiger partial charge in [-0.2, -0.15) is 9.97 Å². The summed E-state index contributed by atoms with van der Waals surface area (Å²) in [6.45, 7) is 1.98. The zero-order valence-corrected chi connectivity index (χ0v) is 11.4. The van der Waals surface area contributed by atoms with E-state index in [-0.39, 0.29) is 5.28 Å². The molecule has 2 heterocycles. The largest absolute Gasteiger partial charge is 0.340 e. The van der Waals surface area contributed by atoms with Crippen molar-refractivity contribution in [1.29, 1.82) is 0 Å². The number of nitrogens with one attached hydrogen (secondary N) is 2. The number of nitrogens with zero attached hydrogens (tertiary/aromatic N) is 3. The molecule has 0 bridgehead atoms. The van der Waals surface area contributed by atoms with Crippen molar-refractivity contribution in [3.8, 4) is 0 Å². The number of hydrogen-bond donors (Lipinski definition) is 2. The third-order valence-electron chi connectivity index (χ3n) is 2.71. The van der Waals surface area contributed by atoms with Gasteiger partial charge in [0, 0.05) is 10.7 Å². The number of aromatic nitrogens is 4. The smallest absolute Gasteiger partial charge is 0.226 e. The number of halogens is 2. The minimum absolute atomic E-state index is 0.141. The summed E-state index contributed by atoms with van der Waals surface area (Å²) in [6.07, 6.45) is 1.55. The van der Waals surface area contributed by atoms with Crippen LogP contribution >= 0.6 is 23.2 Å². The Morgan fingerprint density at radius 2 is 2.05 bits per heavy atom. The maximum absolute atomic E-state index is 5.99. The first-order valence-electron chi connectivity index (χ1n) is 5.53. The van der Waals surface area contributed by atoms with Crippen molar-refractivity contribution < 1.29 is 0 Å². The van der Waals surface area contributed by atoms with E-state index in [0.717, 1.165) is 11.3 Å². The van der Waals surface area contributed by atoms with Gasteiger partial charge in [0.15, 0.2) is 11.5 Å². The summed E-state index contributed by atoms with van der Waals surface area (Å²) >= 11 is 11.9. The number of benzene rings is 1. The van der Waals surface area contributed by atoms with Crippen LogP contribution in [0.15, 0.2) is 24.5 Å². The standard InChI is InChI=1S/C12H9Cl2N5/c1-6-2-3-7(13)4-8(6)17-11-9-10(16-5-15-9)18-12(14)19-11/h2-5H,1H3,(H2,15,16,17,18,19). The summed E-state index contributed by atoms with van der Waals surface area (Å²) in [5.41, 5.74) is 3.12. The third-order valence-corrected chi connectivity index (χ3v) is 3.12. The highest BCUT2D eigenvalue weighted by Gasteiger charge is 2.10. The first-order valence-corrected chi connectivity index (χ1v) is 6.29. The Labute approximate surface area is 119 Å². The second kappa shape index (κ2) is 4.68. The normalized spacial score (nSPS) is 10.9. The Morgan fingerprint density at radius 1 is 1.21 bits per heavy atom. The van der Waals surface area contributed by atoms with Crippen LogP contribution in [0, 0.1) is 6.92 Å². The number of fused-ring (bicyclic) bond motifs is 1. The van der Waals surface area contributed by atoms with E-state index >= 15 is 0 Å². The van der Waals surface area contributed by atoms with Crippen LogP contribution in [0.2, 0.25) is 10.3 Å². The van der Waals surface area contributed by atoms with E-state index < -0.39 is 0 Å². The lowest BCUT2D eigenvalue weighted by molar-refractivity contribution is 1.19. The van der Waals surface area contributed by atoms with Crippen LogP contribution in [0.1, 0.15) is 5.56 Å². The maximum Gasteiger partial charge on any atom is 0.226 e. The number of anilines is 2. The molecule has 5 nitrogen and oxygen atoms in total. The zero-order valence-electron chi connectivity index (χ0n) is 9.91. The van der Waals surface area contributed by atoms with Crippen molar-refractivity contribution in [1.82, 2.24) is 19.9 Å². The maximum atomic E-state index is 5.99. The first kappa shape index (κ1) is 12.2. The molecule has 3 rings (SSSR count). The van der Waals surface area contributed by atoms with Crippen molar-refractivity contribution in [3.63, 3.8) is 0 Å². The second-order valence-electron chi connectivity index (χ2n) is 4.03. The SMILES string of the molecule is Cc1ccc(Cl)cc1Nc1nc(Cl)nc2nc[nH]c12. The van der Waals surface area contributed by atoms with Gasteiger partial charge in [0.2, 0.25) is 5.28 Å². The molecule has 0 fully saturated rings. The quantitative estimate of drug-likeness (QED) is 0.707. The molecule has 7 heteroatoms. The Morgan fingerprint density at radius 3 is 2.89 bits per heavy atom. The molecule has 0 spiro atoms. The minimum Gasteiger partial charge on any atom is -0.340 e. The number of aryl methyl sites for hydroxylation is 1. The van der Waals surface area contributed by atoms with Gasteiger partial charge in [0.1, 0.15) is 5.52 Å². The van der Waals surface area contributed by atoms with Gasteiger partial charge in [-0.25, -0.2) is 4.98 Å². The molecule has 0 amide bonds. The number of rotatable bonds is 2. The lowest BCUT2D eigenvalue weighted by Gasteiger charge is -2.09. The highest BCUT2D eigenvalue weighted by atomic mass is 35.5. The molecule has 96 valence electrons. The Hall–Kier alpha value is -1.85. The van der Waals surface area contributed by atoms with Gasteiger partial charge in [-0.15, -0.1) is 0 Å². The van der Waals surface area contributed by atoms with Gasteiger partial charge >= 0.3 is 0 Å². The summed E-state index contributed by atoms with van der Waals surface area (Å²) in [7, 11) is 0. The summed E-state index contributed by atoms with van der Waals surface area (Å²) < 4.78 is 0. The average molecular weight is 294 g/mol. The van der Waals surface area contributed by atoms with Gasteiger partial charge in [-0.3, -0.25) is 0 Å². The van der Waals surface area contributed by atoms with Crippen LogP contribution in [0.5, 0.6) is 0 Å². The average Bonchev–Trinajstić information content (AvgIpc) is 2.82. The molecule has 3 aromatic rings. The van der Waals surface area contributed by atoms with Crippen molar-refractivity contribution >= 4 is 45.9 Å². The molecule has 0 aliphatic rings. The van der Waals surface area contributed by atoms with E-state index in [0.29, 0.717) is 22.0 Å². The van der Waals surface area contributed by atoms with Crippen LogP contribution in [-0.4, -0.2) is 19.9 Å². The van der Waals surface area contributed by atoms with Crippen molar-refractivity contribution in [2.45, 2.75) is 6.92 Å². The van der Waals surface area contributed by atoms with E-state index in [9.17, 15) is 0 Å². The minimum atomic E-state index is 0.141. The van der Waals surface area contributed by atoms with Gasteiger partial charge in [0.05, 0.1) is 6.33 Å². The van der Waals surface area contributed by atoms with E-state index in [1.165, 1.54) is 0 Å². The van der Waals surface area contributed by atoms with E-state index in [4.69, 9.17) is 23.2 Å². The van der Waals surface area contributed by atoms with E-state index in [1.807, 2.05) is 25.1 Å². The van der Waals surface area contributed by atoms with Crippen molar-refractivity contribution in [3.05, 3.63) is 40.4 Å². The summed E-state index contributed by atoms with van der Waals surface area (Å²) in [5.74, 6) is 0.567. The fourth-order valence-electron chi connectivity index (χ4n) is 1.75. The lowest BCUT2D eigenvalue weighted by Crippen LogP contribution is -1.98. The van der Waals surface area contributed by atoms with Gasteiger partial charge < -0.3 is 10.3 Å². The number of hydrogen-bond acceptors (Lipinski definition) is 4. The number of imidazole rings is 1. The molecule has 0 radical (unpaired) electrons. The van der Waals surface area contributed by atoms with Crippen molar-refractivity contribution in [2.75, 3.05) is 5.32 Å². The topological polar surface area (TPSA) is 66.5 Å². The highest BCUT2D eigenvalue weighted by Crippen LogP contribution is 2.26. The number of aromatic amines is 1. The lowest BCUT2D eigenvalue weighted by atomic mass is 10.2. The van der Waals surface area contributed by atoms with Crippen LogP contribution in [0.3, 0.4) is 0 Å². The summed E-state index contributed by atoms with van der Waals surface area (Å²) in [6, 6.07) is 5.59. The molecule has 0 unspecified atom stereocenters. The molecule has 19 heavy (non-hydrogen) atoms. The molecule has 0 saturated heterocycles. The van der Waals surface area contributed by atoms with Gasteiger partial charge in [0.25, 0.3) is 0 Å². The molecular weight excluding hydrogens is 285 g/mol. The van der Waals surface area contributed by atoms with Crippen LogP contribution in [-0.2, 0) is 0 Å². The fourth-order valence-corrected chi connectivity index (χ4v) is 2.09. The van der Waals surface area contributed by atoms with Gasteiger partial charge in [-0.05, 0) is 36.2 Å². The van der Waals surface area contributed by atoms with Gasteiger partial charge in [-0.1, -0.05) is 17.7 Å². The Bertz CT molecular complexity index is 753. The second-order valence-corrected chi connectivity index (χ2v) is 4.80. The molecule has 0 aliphatic heterocycles. The Kier molecular flexibility index (Phi) is 3.00. The zero-order chi connectivity index (χ0) is 13.4. The fraction of sp³-hybridized carbons (Fsp3) is 0.0833. The molecule has 2 aromatic heterocycles. The molecule has 1 aromatic carbocycles. The predicted octanol–water partition coefficient (Wildman–Crippen LogP) is 3.71. The molecule has 2 N–H and O–H groups in total. The first-order chi connectivity index (χ1) is 9.13. The Balaban J connectivity index is 2.10. The molecule has 0 atom stereocenters. The monoisotopic (exact) mass is 293 g/mol. The van der Waals surface area contributed by atoms with Crippen LogP contribution in [0.4, 0.5) is 11.5 Å². The summed E-state index contributed by atoms with van der Waals surface area (Å²) in [5, 5.41) is 3.98. The third kappa shape index (κ3) is 2.34. The van der Waals surface area contributed by atoms with Crippen molar-refractivity contribution in [2.24, 2.45) is 0 Å². The van der Waals surface area contributed by atoms with Crippen LogP contribution in [0.25, 0.3) is 11.2 Å². The predicted molar refractivity (Wildman–Crippen MR) is 76.2 cm³/mol. The van der Waals surface area contributed by atoms with E-state index in [2.05, 4.69) is 25.3 Å².